The smallest absolute Gasteiger partial charge is 0.338 e. The molecule has 0 bridgehead atoms. The van der Waals surface area contributed by atoms with Gasteiger partial charge in [0, 0.05) is 30.8 Å². The normalized spacial score (nSPS) is 14.1. The number of carbonyl (C=O) groups is 2. The van der Waals surface area contributed by atoms with Gasteiger partial charge in [-0.2, -0.15) is 0 Å². The van der Waals surface area contributed by atoms with Gasteiger partial charge in [-0.25, -0.2) is 4.79 Å². The van der Waals surface area contributed by atoms with Gasteiger partial charge in [-0.1, -0.05) is 30.7 Å². The molecule has 0 saturated carbocycles. The van der Waals surface area contributed by atoms with E-state index in [0.29, 0.717) is 6.54 Å². The molecule has 0 spiro atoms. The van der Waals surface area contributed by atoms with Gasteiger partial charge < -0.3 is 10.1 Å². The predicted molar refractivity (Wildman–Crippen MR) is 116 cm³/mol. The van der Waals surface area contributed by atoms with Gasteiger partial charge >= 0.3 is 5.97 Å². The maximum Gasteiger partial charge on any atom is 0.338 e. The number of nitrogens with one attached hydrogen (secondary N) is 1. The van der Waals surface area contributed by atoms with Gasteiger partial charge in [-0.15, -0.1) is 0 Å². The Morgan fingerprint density at radius 1 is 1.06 bits per heavy atom. The fourth-order valence-electron chi connectivity index (χ4n) is 3.70. The molecule has 0 aromatic heterocycles. The zero-order valence-corrected chi connectivity index (χ0v) is 17.6. The van der Waals surface area contributed by atoms with Crippen molar-refractivity contribution in [2.75, 3.05) is 19.7 Å². The molecule has 1 fully saturated rings. The van der Waals surface area contributed by atoms with Crippen LogP contribution in [0.25, 0.3) is 0 Å². The molecule has 1 heterocycles. The van der Waals surface area contributed by atoms with Crippen LogP contribution in [0.3, 0.4) is 0 Å². The standard InChI is InChI=1S/C23H27N3O5/c1-2-31-23(28)20-12-19(13-21(14-20)26(29)30)22(27)24-15-17-8-4-5-9-18(17)16-25-10-6-3-7-11-25/h4-5,8-9,12-14H,2-3,6-7,10-11,15-16H2,1H3,(H,24,27). The molecule has 1 aliphatic heterocycles. The molecular formula is C23H27N3O5. The maximum atomic E-state index is 12.7. The van der Waals surface area contributed by atoms with E-state index in [4.69, 9.17) is 4.74 Å². The molecular weight excluding hydrogens is 398 g/mol. The Balaban J connectivity index is 1.73. The Morgan fingerprint density at radius 3 is 2.42 bits per heavy atom. The number of amides is 1. The number of nitro benzene ring substituents is 1. The van der Waals surface area contributed by atoms with Gasteiger partial charge in [0.1, 0.15) is 0 Å². The SMILES string of the molecule is CCOC(=O)c1cc(C(=O)NCc2ccccc2CN2CCCCC2)cc([N+](=O)[O-])c1. The molecule has 31 heavy (non-hydrogen) atoms. The van der Waals surface area contributed by atoms with E-state index in [-0.39, 0.29) is 23.4 Å². The number of carbonyl (C=O) groups excluding carboxylic acids is 2. The van der Waals surface area contributed by atoms with Crippen molar-refractivity contribution < 1.29 is 19.2 Å². The second-order valence-electron chi connectivity index (χ2n) is 7.53. The molecule has 2 aromatic carbocycles. The summed E-state index contributed by atoms with van der Waals surface area (Å²) in [4.78, 5) is 37.8. The summed E-state index contributed by atoms with van der Waals surface area (Å²) in [6.45, 7) is 5.05. The van der Waals surface area contributed by atoms with E-state index in [1.807, 2.05) is 18.2 Å². The second kappa shape index (κ2) is 10.7. The highest BCUT2D eigenvalue weighted by molar-refractivity contribution is 5.99. The molecule has 0 unspecified atom stereocenters. The number of hydrogen-bond acceptors (Lipinski definition) is 6. The lowest BCUT2D eigenvalue weighted by molar-refractivity contribution is -0.384. The average molecular weight is 425 g/mol. The summed E-state index contributed by atoms with van der Waals surface area (Å²) in [5, 5.41) is 14.1. The molecule has 3 rings (SSSR count). The fraction of sp³-hybridized carbons (Fsp3) is 0.391. The Kier molecular flexibility index (Phi) is 7.72. The zero-order chi connectivity index (χ0) is 22.2. The summed E-state index contributed by atoms with van der Waals surface area (Å²) in [7, 11) is 0. The van der Waals surface area contributed by atoms with Crippen LogP contribution in [0.1, 0.15) is 58.0 Å². The van der Waals surface area contributed by atoms with Gasteiger partial charge in [-0.05, 0) is 50.0 Å². The second-order valence-corrected chi connectivity index (χ2v) is 7.53. The van der Waals surface area contributed by atoms with Crippen LogP contribution in [-0.2, 0) is 17.8 Å². The Hall–Kier alpha value is -3.26. The quantitative estimate of drug-likeness (QED) is 0.393. The van der Waals surface area contributed by atoms with Crippen molar-refractivity contribution in [3.8, 4) is 0 Å². The van der Waals surface area contributed by atoms with Gasteiger partial charge in [0.2, 0.25) is 0 Å². The topological polar surface area (TPSA) is 102 Å². The first kappa shape index (κ1) is 22.4. The van der Waals surface area contributed by atoms with Gasteiger partial charge in [0.25, 0.3) is 11.6 Å². The van der Waals surface area contributed by atoms with Gasteiger partial charge in [-0.3, -0.25) is 19.8 Å². The number of nitrogens with zero attached hydrogens (tertiary/aromatic N) is 2. The summed E-state index contributed by atoms with van der Waals surface area (Å²) in [5.41, 5.74) is 1.84. The lowest BCUT2D eigenvalue weighted by atomic mass is 10.0. The van der Waals surface area contributed by atoms with Crippen LogP contribution in [0.5, 0.6) is 0 Å². The van der Waals surface area contributed by atoms with E-state index in [9.17, 15) is 19.7 Å². The van der Waals surface area contributed by atoms with Gasteiger partial charge in [0.15, 0.2) is 0 Å². The molecule has 164 valence electrons. The molecule has 8 nitrogen and oxygen atoms in total. The van der Waals surface area contributed by atoms with Crippen LogP contribution < -0.4 is 5.32 Å². The predicted octanol–water partition coefficient (Wildman–Crippen LogP) is 3.69. The van der Waals surface area contributed by atoms with E-state index in [1.165, 1.54) is 25.3 Å². The third-order valence-electron chi connectivity index (χ3n) is 5.30. The minimum atomic E-state index is -0.702. The third kappa shape index (κ3) is 6.11. The number of esters is 1. The lowest BCUT2D eigenvalue weighted by Gasteiger charge is -2.27. The summed E-state index contributed by atoms with van der Waals surface area (Å²) in [5.74, 6) is -1.19. The molecule has 0 radical (unpaired) electrons. The molecule has 2 aromatic rings. The largest absolute Gasteiger partial charge is 0.462 e. The van der Waals surface area contributed by atoms with Crippen LogP contribution in [0.2, 0.25) is 0 Å². The number of hydrogen-bond donors (Lipinski definition) is 1. The number of nitro groups is 1. The molecule has 0 aliphatic carbocycles. The number of rotatable bonds is 8. The number of piperidine rings is 1. The van der Waals surface area contributed by atoms with E-state index in [1.54, 1.807) is 6.92 Å². The Labute approximate surface area is 181 Å². The Morgan fingerprint density at radius 2 is 1.74 bits per heavy atom. The molecule has 1 saturated heterocycles. The number of non-ortho nitro benzene ring substituents is 1. The van der Waals surface area contributed by atoms with Crippen molar-refractivity contribution in [2.45, 2.75) is 39.3 Å². The third-order valence-corrected chi connectivity index (χ3v) is 5.30. The summed E-state index contributed by atoms with van der Waals surface area (Å²) < 4.78 is 4.92. The molecule has 1 amide bonds. The van der Waals surface area contributed by atoms with E-state index in [2.05, 4.69) is 16.3 Å². The summed E-state index contributed by atoms with van der Waals surface area (Å²) in [6, 6.07) is 11.5. The first-order chi connectivity index (χ1) is 15.0. The van der Waals surface area contributed by atoms with Crippen LogP contribution in [0.4, 0.5) is 5.69 Å². The van der Waals surface area contributed by atoms with Crippen molar-refractivity contribution in [3.63, 3.8) is 0 Å². The number of benzene rings is 2. The average Bonchev–Trinajstić information content (AvgIpc) is 2.78. The monoisotopic (exact) mass is 425 g/mol. The van der Waals surface area contributed by atoms with Crippen molar-refractivity contribution in [1.82, 2.24) is 10.2 Å². The first-order valence-corrected chi connectivity index (χ1v) is 10.5. The molecule has 1 aliphatic rings. The molecule has 8 heteroatoms. The van der Waals surface area contributed by atoms with E-state index in [0.717, 1.165) is 42.9 Å². The van der Waals surface area contributed by atoms with Crippen molar-refractivity contribution >= 4 is 17.6 Å². The summed E-state index contributed by atoms with van der Waals surface area (Å²) >= 11 is 0. The van der Waals surface area contributed by atoms with Gasteiger partial charge in [0.05, 0.1) is 17.1 Å². The summed E-state index contributed by atoms with van der Waals surface area (Å²) in [6.07, 6.45) is 3.67. The van der Waals surface area contributed by atoms with Crippen LogP contribution >= 0.6 is 0 Å². The minimum absolute atomic E-state index is 0.0216. The highest BCUT2D eigenvalue weighted by atomic mass is 16.6. The van der Waals surface area contributed by atoms with E-state index < -0.39 is 16.8 Å². The molecule has 0 atom stereocenters. The number of ether oxygens (including phenoxy) is 1. The highest BCUT2D eigenvalue weighted by Gasteiger charge is 2.19. The van der Waals surface area contributed by atoms with Crippen molar-refractivity contribution in [1.29, 1.82) is 0 Å². The highest BCUT2D eigenvalue weighted by Crippen LogP contribution is 2.19. The van der Waals surface area contributed by atoms with Crippen molar-refractivity contribution in [2.24, 2.45) is 0 Å². The lowest BCUT2D eigenvalue weighted by Crippen LogP contribution is -2.30. The Bertz CT molecular complexity index is 954. The zero-order valence-electron chi connectivity index (χ0n) is 17.6. The first-order valence-electron chi connectivity index (χ1n) is 10.5. The van der Waals surface area contributed by atoms with Crippen molar-refractivity contribution in [3.05, 3.63) is 74.8 Å². The minimum Gasteiger partial charge on any atom is -0.462 e. The fourth-order valence-corrected chi connectivity index (χ4v) is 3.70. The van der Waals surface area contributed by atoms with E-state index >= 15 is 0 Å². The van der Waals surface area contributed by atoms with Crippen LogP contribution in [0, 0.1) is 10.1 Å². The van der Waals surface area contributed by atoms with Crippen LogP contribution in [0.15, 0.2) is 42.5 Å². The van der Waals surface area contributed by atoms with Crippen LogP contribution in [-0.4, -0.2) is 41.4 Å². The molecule has 1 N–H and O–H groups in total. The maximum absolute atomic E-state index is 12.7. The number of likely N-dealkylation sites (tertiary alicyclic amines) is 1.